The third-order valence-electron chi connectivity index (χ3n) is 3.44. The summed E-state index contributed by atoms with van der Waals surface area (Å²) in [5.74, 6) is -1.98. The van der Waals surface area contributed by atoms with Gasteiger partial charge in [0.25, 0.3) is 0 Å². The molecule has 0 aromatic rings. The number of carboxylic acid groups (broad SMARTS) is 1. The number of amides is 1. The van der Waals surface area contributed by atoms with E-state index in [1.54, 1.807) is 0 Å². The molecule has 1 rings (SSSR count). The number of carbonyl (C=O) groups is 2. The molecule has 1 amide bonds. The summed E-state index contributed by atoms with van der Waals surface area (Å²) in [6.45, 7) is 2.25. The van der Waals surface area contributed by atoms with E-state index in [0.29, 0.717) is 32.2 Å². The zero-order valence-corrected chi connectivity index (χ0v) is 12.6. The minimum atomic E-state index is -3.41. The Balaban J connectivity index is 2.60. The Labute approximate surface area is 119 Å². The van der Waals surface area contributed by atoms with E-state index >= 15 is 0 Å². The molecule has 2 atom stereocenters. The number of nitrogens with one attached hydrogen (secondary N) is 1. The van der Waals surface area contributed by atoms with Crippen LogP contribution in [0.3, 0.4) is 0 Å². The van der Waals surface area contributed by atoms with Gasteiger partial charge in [-0.2, -0.15) is 4.31 Å². The van der Waals surface area contributed by atoms with E-state index in [0.717, 1.165) is 6.26 Å². The monoisotopic (exact) mass is 306 g/mol. The second kappa shape index (κ2) is 7.03. The van der Waals surface area contributed by atoms with Crippen molar-refractivity contribution in [3.63, 3.8) is 0 Å². The van der Waals surface area contributed by atoms with E-state index in [4.69, 9.17) is 5.11 Å². The van der Waals surface area contributed by atoms with E-state index in [1.807, 2.05) is 6.92 Å². The van der Waals surface area contributed by atoms with Gasteiger partial charge < -0.3 is 10.4 Å². The minimum absolute atomic E-state index is 0.0378. The lowest BCUT2D eigenvalue weighted by Crippen LogP contribution is -2.47. The van der Waals surface area contributed by atoms with Crippen molar-refractivity contribution in [2.24, 2.45) is 5.92 Å². The fourth-order valence-corrected chi connectivity index (χ4v) is 3.53. The Bertz CT molecular complexity index is 462. The molecule has 8 heteroatoms. The molecule has 0 bridgehead atoms. The molecule has 7 nitrogen and oxygen atoms in total. The summed E-state index contributed by atoms with van der Waals surface area (Å²) < 4.78 is 24.3. The lowest BCUT2D eigenvalue weighted by Gasteiger charge is -2.22. The third-order valence-corrected chi connectivity index (χ3v) is 4.73. The number of carbonyl (C=O) groups excluding carboxylic acids is 1. The molecular weight excluding hydrogens is 284 g/mol. The van der Waals surface area contributed by atoms with E-state index < -0.39 is 33.9 Å². The zero-order valence-electron chi connectivity index (χ0n) is 11.8. The Morgan fingerprint density at radius 2 is 2.10 bits per heavy atom. The van der Waals surface area contributed by atoms with Gasteiger partial charge in [0.1, 0.15) is 6.04 Å². The van der Waals surface area contributed by atoms with Crippen LogP contribution in [0.5, 0.6) is 0 Å². The highest BCUT2D eigenvalue weighted by Crippen LogP contribution is 2.20. The van der Waals surface area contributed by atoms with E-state index in [9.17, 15) is 18.0 Å². The van der Waals surface area contributed by atoms with Gasteiger partial charge in [0.2, 0.25) is 15.9 Å². The van der Waals surface area contributed by atoms with Gasteiger partial charge in [0, 0.05) is 13.1 Å². The van der Waals surface area contributed by atoms with Crippen molar-refractivity contribution in [1.29, 1.82) is 0 Å². The molecule has 116 valence electrons. The predicted molar refractivity (Wildman–Crippen MR) is 73.6 cm³/mol. The van der Waals surface area contributed by atoms with Crippen molar-refractivity contribution in [2.45, 2.75) is 38.6 Å². The number of hydrogen-bond acceptors (Lipinski definition) is 4. The molecule has 0 spiro atoms. The molecule has 1 fully saturated rings. The largest absolute Gasteiger partial charge is 0.481 e. The van der Waals surface area contributed by atoms with Crippen molar-refractivity contribution in [1.82, 2.24) is 9.62 Å². The summed E-state index contributed by atoms with van der Waals surface area (Å²) >= 11 is 0. The van der Waals surface area contributed by atoms with Crippen molar-refractivity contribution in [3.05, 3.63) is 0 Å². The molecular formula is C12H22N2O5S. The molecule has 0 aliphatic carbocycles. The van der Waals surface area contributed by atoms with Gasteiger partial charge in [-0.25, -0.2) is 8.42 Å². The molecule has 1 aliphatic heterocycles. The van der Waals surface area contributed by atoms with Crippen LogP contribution in [-0.2, 0) is 19.6 Å². The summed E-state index contributed by atoms with van der Waals surface area (Å²) in [6, 6.07) is -0.707. The molecule has 2 N–H and O–H groups in total. The first-order chi connectivity index (χ1) is 9.27. The fraction of sp³-hybridized carbons (Fsp3) is 0.833. The maximum Gasteiger partial charge on any atom is 0.308 e. The van der Waals surface area contributed by atoms with Crippen LogP contribution < -0.4 is 5.32 Å². The van der Waals surface area contributed by atoms with Crippen molar-refractivity contribution < 1.29 is 23.1 Å². The summed E-state index contributed by atoms with van der Waals surface area (Å²) in [7, 11) is -3.41. The third kappa shape index (κ3) is 4.45. The van der Waals surface area contributed by atoms with Gasteiger partial charge in [0.15, 0.2) is 0 Å². The average molecular weight is 306 g/mol. The molecule has 1 heterocycles. The van der Waals surface area contributed by atoms with E-state index in [2.05, 4.69) is 5.32 Å². The van der Waals surface area contributed by atoms with Crippen molar-refractivity contribution in [2.75, 3.05) is 19.3 Å². The first-order valence-electron chi connectivity index (χ1n) is 6.74. The normalized spacial score (nSPS) is 21.6. The Hall–Kier alpha value is -1.15. The molecule has 2 unspecified atom stereocenters. The standard InChI is InChI=1S/C12H22N2O5S/c1-3-5-9(12(16)17)8-13-11(15)10-6-4-7-14(10)20(2,18)19/h9-10H,3-8H2,1-2H3,(H,13,15)(H,16,17). The quantitative estimate of drug-likeness (QED) is 0.690. The maximum atomic E-state index is 12.0. The van der Waals surface area contributed by atoms with Crippen LogP contribution in [0.1, 0.15) is 32.6 Å². The van der Waals surface area contributed by atoms with Crippen molar-refractivity contribution in [3.8, 4) is 0 Å². The van der Waals surface area contributed by atoms with Gasteiger partial charge in [-0.3, -0.25) is 9.59 Å². The van der Waals surface area contributed by atoms with Crippen LogP contribution in [0.15, 0.2) is 0 Å². The maximum absolute atomic E-state index is 12.0. The van der Waals surface area contributed by atoms with Gasteiger partial charge in [-0.05, 0) is 19.3 Å². The van der Waals surface area contributed by atoms with Crippen LogP contribution >= 0.6 is 0 Å². The van der Waals surface area contributed by atoms with Gasteiger partial charge in [0.05, 0.1) is 12.2 Å². The van der Waals surface area contributed by atoms with Crippen LogP contribution in [0.4, 0.5) is 0 Å². The Morgan fingerprint density at radius 1 is 1.45 bits per heavy atom. The number of nitrogens with zero attached hydrogens (tertiary/aromatic N) is 1. The molecule has 1 saturated heterocycles. The number of hydrogen-bond donors (Lipinski definition) is 2. The summed E-state index contributed by atoms with van der Waals surface area (Å²) in [5, 5.41) is 11.6. The Morgan fingerprint density at radius 3 is 2.60 bits per heavy atom. The molecule has 0 aromatic heterocycles. The number of rotatable bonds is 7. The first kappa shape index (κ1) is 16.9. The topological polar surface area (TPSA) is 104 Å². The van der Waals surface area contributed by atoms with Crippen LogP contribution in [-0.4, -0.2) is 55.1 Å². The lowest BCUT2D eigenvalue weighted by molar-refractivity contribution is -0.142. The van der Waals surface area contributed by atoms with Crippen LogP contribution in [0, 0.1) is 5.92 Å². The predicted octanol–water partition coefficient (Wildman–Crippen LogP) is 0.0275. The van der Waals surface area contributed by atoms with Gasteiger partial charge in [-0.1, -0.05) is 13.3 Å². The summed E-state index contributed by atoms with van der Waals surface area (Å²) in [6.07, 6.45) is 3.39. The minimum Gasteiger partial charge on any atom is -0.481 e. The molecule has 20 heavy (non-hydrogen) atoms. The molecule has 0 saturated carbocycles. The number of carboxylic acids is 1. The van der Waals surface area contributed by atoms with Gasteiger partial charge >= 0.3 is 5.97 Å². The highest BCUT2D eigenvalue weighted by molar-refractivity contribution is 7.88. The first-order valence-corrected chi connectivity index (χ1v) is 8.59. The van der Waals surface area contributed by atoms with E-state index in [-0.39, 0.29) is 6.54 Å². The lowest BCUT2D eigenvalue weighted by atomic mass is 10.0. The molecule has 0 aromatic carbocycles. The van der Waals surface area contributed by atoms with Crippen molar-refractivity contribution >= 4 is 21.9 Å². The number of aliphatic carboxylic acids is 1. The zero-order chi connectivity index (χ0) is 15.3. The van der Waals surface area contributed by atoms with Crippen LogP contribution in [0.25, 0.3) is 0 Å². The van der Waals surface area contributed by atoms with Gasteiger partial charge in [-0.15, -0.1) is 0 Å². The number of sulfonamides is 1. The average Bonchev–Trinajstić information content (AvgIpc) is 2.82. The smallest absolute Gasteiger partial charge is 0.308 e. The highest BCUT2D eigenvalue weighted by atomic mass is 32.2. The summed E-state index contributed by atoms with van der Waals surface area (Å²) in [4.78, 5) is 23.0. The molecule has 0 radical (unpaired) electrons. The van der Waals surface area contributed by atoms with Crippen LogP contribution in [0.2, 0.25) is 0 Å². The Kier molecular flexibility index (Phi) is 5.94. The summed E-state index contributed by atoms with van der Waals surface area (Å²) in [5.41, 5.74) is 0. The highest BCUT2D eigenvalue weighted by Gasteiger charge is 2.36. The SMILES string of the molecule is CCCC(CNC(=O)C1CCCN1S(C)(=O)=O)C(=O)O. The van der Waals surface area contributed by atoms with E-state index in [1.165, 1.54) is 4.31 Å². The second-order valence-corrected chi connectivity index (χ2v) is 7.04. The molecule has 1 aliphatic rings. The fourth-order valence-electron chi connectivity index (χ4n) is 2.40. The second-order valence-electron chi connectivity index (χ2n) is 5.10.